The molecule has 0 saturated carbocycles. The van der Waals surface area contributed by atoms with E-state index in [1.807, 2.05) is 17.0 Å². The highest BCUT2D eigenvalue weighted by atomic mass is 35.5. The van der Waals surface area contributed by atoms with Gasteiger partial charge in [0.05, 0.1) is 5.69 Å². The molecular weight excluding hydrogens is 424 g/mol. The summed E-state index contributed by atoms with van der Waals surface area (Å²) in [6.07, 6.45) is 2.32. The maximum absolute atomic E-state index is 14.8. The molecular formula is C23H22Cl2FN3O. The number of nitrogens with zero attached hydrogens (tertiary/aromatic N) is 3. The van der Waals surface area contributed by atoms with Crippen molar-refractivity contribution in [2.45, 2.75) is 12.6 Å². The Hall–Kier alpha value is -2.18. The van der Waals surface area contributed by atoms with E-state index in [2.05, 4.69) is 9.88 Å². The SMILES string of the molecule is OC(c1cccnc1)c1cccc(F)c1N1CCN(Cc2ccc(Cl)cc2Cl)CC1. The largest absolute Gasteiger partial charge is 0.384 e. The van der Waals surface area contributed by atoms with Gasteiger partial charge in [0.15, 0.2) is 0 Å². The van der Waals surface area contributed by atoms with Crippen molar-refractivity contribution in [1.82, 2.24) is 9.88 Å². The van der Waals surface area contributed by atoms with Crippen molar-refractivity contribution in [3.8, 4) is 0 Å². The number of halogens is 3. The van der Waals surface area contributed by atoms with Gasteiger partial charge < -0.3 is 10.0 Å². The number of piperazine rings is 1. The van der Waals surface area contributed by atoms with E-state index in [0.29, 0.717) is 46.5 Å². The first kappa shape index (κ1) is 21.1. The van der Waals surface area contributed by atoms with Crippen molar-refractivity contribution in [3.05, 3.63) is 93.5 Å². The van der Waals surface area contributed by atoms with Crippen LogP contribution in [0.2, 0.25) is 10.0 Å². The Labute approximate surface area is 185 Å². The quantitative estimate of drug-likeness (QED) is 0.604. The molecule has 1 aromatic heterocycles. The van der Waals surface area contributed by atoms with Gasteiger partial charge in [-0.05, 0) is 29.8 Å². The second-order valence-electron chi connectivity index (χ2n) is 7.37. The third kappa shape index (κ3) is 4.60. The summed E-state index contributed by atoms with van der Waals surface area (Å²) in [4.78, 5) is 8.35. The molecule has 1 unspecified atom stereocenters. The third-order valence-corrected chi connectivity index (χ3v) is 6.00. The summed E-state index contributed by atoms with van der Waals surface area (Å²) >= 11 is 12.3. The predicted octanol–water partition coefficient (Wildman–Crippen LogP) is 4.93. The Morgan fingerprint density at radius 2 is 1.83 bits per heavy atom. The molecule has 2 heterocycles. The zero-order valence-electron chi connectivity index (χ0n) is 16.3. The molecule has 4 nitrogen and oxygen atoms in total. The summed E-state index contributed by atoms with van der Waals surface area (Å²) in [7, 11) is 0. The average molecular weight is 446 g/mol. The van der Waals surface area contributed by atoms with Crippen molar-refractivity contribution in [2.75, 3.05) is 31.1 Å². The zero-order valence-corrected chi connectivity index (χ0v) is 17.8. The minimum absolute atomic E-state index is 0.329. The summed E-state index contributed by atoms with van der Waals surface area (Å²) < 4.78 is 14.8. The number of hydrogen-bond acceptors (Lipinski definition) is 4. The van der Waals surface area contributed by atoms with Gasteiger partial charge >= 0.3 is 0 Å². The van der Waals surface area contributed by atoms with Crippen LogP contribution in [0.3, 0.4) is 0 Å². The molecule has 1 fully saturated rings. The number of para-hydroxylation sites is 1. The standard InChI is InChI=1S/C23H22Cl2FN3O/c24-18-7-6-17(20(25)13-18)15-28-9-11-29(12-10-28)22-19(4-1-5-21(22)26)23(30)16-3-2-8-27-14-16/h1-8,13-14,23,30H,9-12,15H2. The number of hydrogen-bond donors (Lipinski definition) is 1. The Bertz CT molecular complexity index is 1010. The smallest absolute Gasteiger partial charge is 0.146 e. The van der Waals surface area contributed by atoms with Gasteiger partial charge in [0.25, 0.3) is 0 Å². The van der Waals surface area contributed by atoms with Gasteiger partial charge in [-0.3, -0.25) is 9.88 Å². The molecule has 4 rings (SSSR count). The van der Waals surface area contributed by atoms with Crippen molar-refractivity contribution >= 4 is 28.9 Å². The third-order valence-electron chi connectivity index (χ3n) is 5.41. The lowest BCUT2D eigenvalue weighted by atomic mass is 9.99. The van der Waals surface area contributed by atoms with Crippen LogP contribution in [0.15, 0.2) is 60.9 Å². The van der Waals surface area contributed by atoms with Crippen LogP contribution in [0.5, 0.6) is 0 Å². The number of anilines is 1. The number of aliphatic hydroxyl groups is 1. The second kappa shape index (κ2) is 9.31. The minimum Gasteiger partial charge on any atom is -0.384 e. The normalized spacial score (nSPS) is 15.9. The molecule has 0 bridgehead atoms. The lowest BCUT2D eigenvalue weighted by Crippen LogP contribution is -2.46. The number of rotatable bonds is 5. The van der Waals surface area contributed by atoms with Crippen LogP contribution < -0.4 is 4.90 Å². The van der Waals surface area contributed by atoms with Crippen LogP contribution in [-0.4, -0.2) is 41.2 Å². The topological polar surface area (TPSA) is 39.6 Å². The van der Waals surface area contributed by atoms with E-state index < -0.39 is 6.10 Å². The molecule has 7 heteroatoms. The summed E-state index contributed by atoms with van der Waals surface area (Å²) in [6, 6.07) is 13.9. The molecule has 30 heavy (non-hydrogen) atoms. The van der Waals surface area contributed by atoms with Crippen LogP contribution in [0.4, 0.5) is 10.1 Å². The Morgan fingerprint density at radius 1 is 1.03 bits per heavy atom. The molecule has 156 valence electrons. The Kier molecular flexibility index (Phi) is 6.54. The van der Waals surface area contributed by atoms with E-state index in [9.17, 15) is 9.50 Å². The molecule has 0 aliphatic carbocycles. The Morgan fingerprint density at radius 3 is 2.53 bits per heavy atom. The van der Waals surface area contributed by atoms with E-state index in [1.165, 1.54) is 6.07 Å². The average Bonchev–Trinajstić information content (AvgIpc) is 2.76. The van der Waals surface area contributed by atoms with Crippen molar-refractivity contribution < 1.29 is 9.50 Å². The maximum Gasteiger partial charge on any atom is 0.146 e. The molecule has 1 N–H and O–H groups in total. The van der Waals surface area contributed by atoms with Gasteiger partial charge in [-0.15, -0.1) is 0 Å². The summed E-state index contributed by atoms with van der Waals surface area (Å²) in [5.74, 6) is -0.329. The molecule has 1 saturated heterocycles. The van der Waals surface area contributed by atoms with E-state index in [1.54, 1.807) is 42.7 Å². The van der Waals surface area contributed by atoms with Crippen LogP contribution in [0.25, 0.3) is 0 Å². The number of aliphatic hydroxyl groups excluding tert-OH is 1. The maximum atomic E-state index is 14.8. The van der Waals surface area contributed by atoms with Gasteiger partial charge in [0.1, 0.15) is 11.9 Å². The molecule has 0 spiro atoms. The van der Waals surface area contributed by atoms with Crippen molar-refractivity contribution in [2.24, 2.45) is 0 Å². The van der Waals surface area contributed by atoms with Crippen LogP contribution in [0.1, 0.15) is 22.8 Å². The fourth-order valence-electron chi connectivity index (χ4n) is 3.82. The van der Waals surface area contributed by atoms with Gasteiger partial charge in [-0.1, -0.05) is 47.5 Å². The predicted molar refractivity (Wildman–Crippen MR) is 119 cm³/mol. The second-order valence-corrected chi connectivity index (χ2v) is 8.21. The molecule has 1 aliphatic rings. The zero-order chi connectivity index (χ0) is 21.1. The molecule has 1 atom stereocenters. The van der Waals surface area contributed by atoms with Crippen LogP contribution in [0, 0.1) is 5.82 Å². The summed E-state index contributed by atoms with van der Waals surface area (Å²) in [5, 5.41) is 12.1. The highest BCUT2D eigenvalue weighted by Crippen LogP contribution is 2.33. The number of aromatic nitrogens is 1. The fourth-order valence-corrected chi connectivity index (χ4v) is 4.29. The van der Waals surface area contributed by atoms with Crippen LogP contribution in [-0.2, 0) is 6.54 Å². The molecule has 0 radical (unpaired) electrons. The first-order valence-electron chi connectivity index (χ1n) is 9.80. The van der Waals surface area contributed by atoms with Crippen molar-refractivity contribution in [1.29, 1.82) is 0 Å². The van der Waals surface area contributed by atoms with Gasteiger partial charge in [-0.2, -0.15) is 0 Å². The van der Waals surface area contributed by atoms with Gasteiger partial charge in [-0.25, -0.2) is 4.39 Å². The first-order valence-corrected chi connectivity index (χ1v) is 10.6. The minimum atomic E-state index is -0.935. The van der Waals surface area contributed by atoms with E-state index >= 15 is 0 Å². The number of pyridine rings is 1. The Balaban J connectivity index is 1.49. The number of benzene rings is 2. The highest BCUT2D eigenvalue weighted by Gasteiger charge is 2.25. The van der Waals surface area contributed by atoms with E-state index in [4.69, 9.17) is 23.2 Å². The van der Waals surface area contributed by atoms with Gasteiger partial charge in [0.2, 0.25) is 0 Å². The van der Waals surface area contributed by atoms with Crippen LogP contribution >= 0.6 is 23.2 Å². The molecule has 1 aliphatic heterocycles. The van der Waals surface area contributed by atoms with Crippen molar-refractivity contribution in [3.63, 3.8) is 0 Å². The first-order chi connectivity index (χ1) is 14.5. The molecule has 2 aromatic carbocycles. The molecule has 0 amide bonds. The fraction of sp³-hybridized carbons (Fsp3) is 0.261. The summed E-state index contributed by atoms with van der Waals surface area (Å²) in [5.41, 5.74) is 2.67. The molecule has 3 aromatic rings. The lowest BCUT2D eigenvalue weighted by molar-refractivity contribution is 0.218. The lowest BCUT2D eigenvalue weighted by Gasteiger charge is -2.37. The highest BCUT2D eigenvalue weighted by molar-refractivity contribution is 6.35. The van der Waals surface area contributed by atoms with Gasteiger partial charge in [0, 0.05) is 66.3 Å². The summed E-state index contributed by atoms with van der Waals surface area (Å²) in [6.45, 7) is 3.54. The monoisotopic (exact) mass is 445 g/mol. The van der Waals surface area contributed by atoms with E-state index in [-0.39, 0.29) is 5.82 Å². The van der Waals surface area contributed by atoms with E-state index in [0.717, 1.165) is 18.7 Å².